The molecule has 1 atom stereocenters. The zero-order valence-electron chi connectivity index (χ0n) is 18.6. The first-order valence-corrected chi connectivity index (χ1v) is 10.6. The maximum absolute atomic E-state index is 13.5. The standard InChI is InChI=1S/C25H25FN6O.ClH/c1-32-24(33)22(17-7-9-19(26)10-8-17)23(18-11-13-29-21(28)15-18)31-25(32)30-14-12-20(27)16-5-3-2-4-6-16;/h2-11,13,15,20H,12,14,27H2,1H3,(H2,28,29)(H,30,31);1H/t20-;/m0./s1. The number of nitrogens with one attached hydrogen (secondary N) is 1. The Labute approximate surface area is 203 Å². The number of benzene rings is 2. The van der Waals surface area contributed by atoms with E-state index < -0.39 is 0 Å². The lowest BCUT2D eigenvalue weighted by molar-refractivity contribution is 0.628. The fourth-order valence-corrected chi connectivity index (χ4v) is 3.65. The molecule has 0 aliphatic rings. The molecule has 0 aliphatic heterocycles. The second-order valence-corrected chi connectivity index (χ2v) is 7.73. The predicted molar refractivity (Wildman–Crippen MR) is 136 cm³/mol. The Hall–Kier alpha value is -3.75. The highest BCUT2D eigenvalue weighted by Crippen LogP contribution is 2.29. The molecule has 34 heavy (non-hydrogen) atoms. The maximum atomic E-state index is 13.5. The van der Waals surface area contributed by atoms with E-state index in [1.165, 1.54) is 16.7 Å². The molecule has 0 spiro atoms. The molecule has 9 heteroatoms. The summed E-state index contributed by atoms with van der Waals surface area (Å²) in [5, 5.41) is 3.23. The van der Waals surface area contributed by atoms with Crippen molar-refractivity contribution in [3.05, 3.63) is 94.7 Å². The van der Waals surface area contributed by atoms with Crippen molar-refractivity contribution in [1.82, 2.24) is 14.5 Å². The maximum Gasteiger partial charge on any atom is 0.263 e. The predicted octanol–water partition coefficient (Wildman–Crippen LogP) is 4.15. The van der Waals surface area contributed by atoms with Crippen molar-refractivity contribution >= 4 is 24.2 Å². The first-order chi connectivity index (χ1) is 15.9. The van der Waals surface area contributed by atoms with Crippen molar-refractivity contribution in [2.24, 2.45) is 12.8 Å². The highest BCUT2D eigenvalue weighted by molar-refractivity contribution is 5.85. The number of nitrogens with zero attached hydrogens (tertiary/aromatic N) is 3. The van der Waals surface area contributed by atoms with Crippen molar-refractivity contribution in [2.75, 3.05) is 17.6 Å². The third-order valence-corrected chi connectivity index (χ3v) is 5.44. The molecule has 2 heterocycles. The van der Waals surface area contributed by atoms with Crippen molar-refractivity contribution in [2.45, 2.75) is 12.5 Å². The topological polar surface area (TPSA) is 112 Å². The van der Waals surface area contributed by atoms with E-state index in [0.29, 0.717) is 47.1 Å². The van der Waals surface area contributed by atoms with Crippen molar-refractivity contribution in [3.63, 3.8) is 0 Å². The minimum atomic E-state index is -0.383. The monoisotopic (exact) mass is 480 g/mol. The van der Waals surface area contributed by atoms with E-state index in [1.807, 2.05) is 30.3 Å². The molecule has 0 unspecified atom stereocenters. The quantitative estimate of drug-likeness (QED) is 0.366. The summed E-state index contributed by atoms with van der Waals surface area (Å²) in [6.45, 7) is 0.518. The van der Waals surface area contributed by atoms with Gasteiger partial charge in [0.25, 0.3) is 5.56 Å². The summed E-state index contributed by atoms with van der Waals surface area (Å²) >= 11 is 0. The van der Waals surface area contributed by atoms with E-state index >= 15 is 0 Å². The molecule has 5 N–H and O–H groups in total. The van der Waals surface area contributed by atoms with Gasteiger partial charge in [0.1, 0.15) is 11.6 Å². The van der Waals surface area contributed by atoms with Gasteiger partial charge in [0.05, 0.1) is 11.3 Å². The van der Waals surface area contributed by atoms with Crippen molar-refractivity contribution in [1.29, 1.82) is 0 Å². The van der Waals surface area contributed by atoms with Gasteiger partial charge >= 0.3 is 0 Å². The molecule has 176 valence electrons. The fourth-order valence-electron chi connectivity index (χ4n) is 3.65. The Morgan fingerprint density at radius 2 is 1.76 bits per heavy atom. The van der Waals surface area contributed by atoms with Gasteiger partial charge in [0, 0.05) is 31.4 Å². The van der Waals surface area contributed by atoms with E-state index in [-0.39, 0.29) is 29.8 Å². The van der Waals surface area contributed by atoms with E-state index in [1.54, 1.807) is 37.5 Å². The molecular weight excluding hydrogens is 455 g/mol. The zero-order chi connectivity index (χ0) is 23.4. The Morgan fingerprint density at radius 1 is 1.06 bits per heavy atom. The van der Waals surface area contributed by atoms with E-state index in [0.717, 1.165) is 5.56 Å². The van der Waals surface area contributed by atoms with Gasteiger partial charge in [-0.3, -0.25) is 9.36 Å². The lowest BCUT2D eigenvalue weighted by Gasteiger charge is -2.17. The summed E-state index contributed by atoms with van der Waals surface area (Å²) < 4.78 is 15.0. The van der Waals surface area contributed by atoms with Crippen LogP contribution in [0.2, 0.25) is 0 Å². The van der Waals surface area contributed by atoms with Crippen LogP contribution in [0.15, 0.2) is 77.7 Å². The Balaban J connectivity index is 0.00000324. The van der Waals surface area contributed by atoms with Gasteiger partial charge in [-0.25, -0.2) is 14.4 Å². The average molecular weight is 481 g/mol. The van der Waals surface area contributed by atoms with Gasteiger partial charge in [0.15, 0.2) is 0 Å². The summed E-state index contributed by atoms with van der Waals surface area (Å²) in [5.74, 6) is 0.325. The van der Waals surface area contributed by atoms with Crippen LogP contribution in [0.5, 0.6) is 0 Å². The van der Waals surface area contributed by atoms with Crippen molar-refractivity contribution < 1.29 is 4.39 Å². The smallest absolute Gasteiger partial charge is 0.263 e. The van der Waals surface area contributed by atoms with Crippen LogP contribution < -0.4 is 22.3 Å². The Kier molecular flexibility index (Phi) is 7.99. The zero-order valence-corrected chi connectivity index (χ0v) is 19.4. The molecule has 0 fully saturated rings. The van der Waals surface area contributed by atoms with Gasteiger partial charge in [0.2, 0.25) is 5.95 Å². The molecule has 0 saturated carbocycles. The molecular formula is C25H26ClFN6O. The highest BCUT2D eigenvalue weighted by atomic mass is 35.5. The second kappa shape index (κ2) is 10.9. The van der Waals surface area contributed by atoms with Gasteiger partial charge < -0.3 is 16.8 Å². The molecule has 4 aromatic rings. The molecule has 2 aromatic heterocycles. The van der Waals surface area contributed by atoms with Gasteiger partial charge in [-0.15, -0.1) is 12.4 Å². The molecule has 0 aliphatic carbocycles. The first-order valence-electron chi connectivity index (χ1n) is 10.6. The van der Waals surface area contributed by atoms with Gasteiger partial charge in [-0.2, -0.15) is 0 Å². The van der Waals surface area contributed by atoms with Gasteiger partial charge in [-0.05, 0) is 41.8 Å². The largest absolute Gasteiger partial charge is 0.384 e. The number of aromatic nitrogens is 3. The first kappa shape index (κ1) is 24.9. The van der Waals surface area contributed by atoms with E-state index in [2.05, 4.69) is 10.3 Å². The Bertz CT molecular complexity index is 1310. The molecule has 7 nitrogen and oxygen atoms in total. The van der Waals surface area contributed by atoms with Crippen LogP contribution in [0.1, 0.15) is 18.0 Å². The number of anilines is 2. The lowest BCUT2D eigenvalue weighted by atomic mass is 10.0. The van der Waals surface area contributed by atoms with Crippen molar-refractivity contribution in [3.8, 4) is 22.4 Å². The number of halogens is 2. The average Bonchev–Trinajstić information content (AvgIpc) is 2.83. The Morgan fingerprint density at radius 3 is 2.44 bits per heavy atom. The minimum absolute atomic E-state index is 0. The third kappa shape index (κ3) is 5.41. The van der Waals surface area contributed by atoms with Crippen LogP contribution in [-0.2, 0) is 7.05 Å². The molecule has 4 rings (SSSR count). The SMILES string of the molecule is Cl.Cn1c(NCC[C@H](N)c2ccccc2)nc(-c2ccnc(N)c2)c(-c2ccc(F)cc2)c1=O. The second-order valence-electron chi connectivity index (χ2n) is 7.73. The van der Waals surface area contributed by atoms with Crippen LogP contribution in [0.3, 0.4) is 0 Å². The fraction of sp³-hybridized carbons (Fsp3) is 0.160. The van der Waals surface area contributed by atoms with Crippen LogP contribution in [0.4, 0.5) is 16.2 Å². The number of nitrogens with two attached hydrogens (primary N) is 2. The summed E-state index contributed by atoms with van der Waals surface area (Å²) in [4.78, 5) is 22.2. The van der Waals surface area contributed by atoms with Gasteiger partial charge in [-0.1, -0.05) is 42.5 Å². The molecule has 0 radical (unpaired) electrons. The summed E-state index contributed by atoms with van der Waals surface area (Å²) in [7, 11) is 1.65. The number of pyridine rings is 1. The molecule has 0 amide bonds. The van der Waals surface area contributed by atoms with Crippen LogP contribution in [0, 0.1) is 5.82 Å². The van der Waals surface area contributed by atoms with E-state index in [4.69, 9.17) is 16.5 Å². The molecule has 0 bridgehead atoms. The summed E-state index contributed by atoms with van der Waals surface area (Å²) in [6, 6.07) is 18.8. The lowest BCUT2D eigenvalue weighted by Crippen LogP contribution is -2.26. The number of rotatable bonds is 7. The molecule has 2 aromatic carbocycles. The van der Waals surface area contributed by atoms with Crippen LogP contribution in [-0.4, -0.2) is 21.1 Å². The minimum Gasteiger partial charge on any atom is -0.384 e. The van der Waals surface area contributed by atoms with Crippen LogP contribution >= 0.6 is 12.4 Å². The number of hydrogen-bond donors (Lipinski definition) is 3. The third-order valence-electron chi connectivity index (χ3n) is 5.44. The van der Waals surface area contributed by atoms with E-state index in [9.17, 15) is 9.18 Å². The number of nitrogen functional groups attached to an aromatic ring is 1. The summed E-state index contributed by atoms with van der Waals surface area (Å²) in [5.41, 5.74) is 14.9. The normalized spacial score (nSPS) is 11.5. The number of hydrogen-bond acceptors (Lipinski definition) is 6. The van der Waals surface area contributed by atoms with Crippen LogP contribution in [0.25, 0.3) is 22.4 Å². The summed E-state index contributed by atoms with van der Waals surface area (Å²) in [6.07, 6.45) is 2.21. The molecule has 0 saturated heterocycles. The highest BCUT2D eigenvalue weighted by Gasteiger charge is 2.19.